The van der Waals surface area contributed by atoms with Crippen LogP contribution in [-0.4, -0.2) is 60.5 Å². The summed E-state index contributed by atoms with van der Waals surface area (Å²) in [5, 5.41) is 8.79. The van der Waals surface area contributed by atoms with Gasteiger partial charge in [-0.2, -0.15) is 0 Å². The summed E-state index contributed by atoms with van der Waals surface area (Å²) in [6.45, 7) is 2.42. The first kappa shape index (κ1) is 14.6. The van der Waals surface area contributed by atoms with Crippen LogP contribution in [0.15, 0.2) is 16.5 Å². The molecule has 6 heteroatoms. The van der Waals surface area contributed by atoms with Crippen molar-refractivity contribution in [1.29, 1.82) is 0 Å². The minimum atomic E-state index is -1.16. The molecule has 1 aliphatic rings. The van der Waals surface area contributed by atoms with E-state index in [4.69, 9.17) is 9.52 Å². The summed E-state index contributed by atoms with van der Waals surface area (Å²) in [6, 6.07) is 2.74. The molecule has 0 saturated carbocycles. The fraction of sp³-hybridized carbons (Fsp3) is 0.571. The van der Waals surface area contributed by atoms with Gasteiger partial charge < -0.3 is 19.3 Å². The fourth-order valence-electron chi connectivity index (χ4n) is 2.56. The van der Waals surface area contributed by atoms with Gasteiger partial charge in [-0.25, -0.2) is 4.79 Å². The van der Waals surface area contributed by atoms with Gasteiger partial charge in [-0.3, -0.25) is 4.79 Å². The molecular formula is C14H20N2O4. The highest BCUT2D eigenvalue weighted by Gasteiger charge is 2.26. The van der Waals surface area contributed by atoms with Gasteiger partial charge in [-0.05, 0) is 45.0 Å². The summed E-state index contributed by atoms with van der Waals surface area (Å²) in [5.41, 5.74) is 0. The first-order valence-electron chi connectivity index (χ1n) is 6.74. The van der Waals surface area contributed by atoms with Crippen molar-refractivity contribution in [3.8, 4) is 0 Å². The number of hydrogen-bond acceptors (Lipinski definition) is 4. The predicted octanol–water partition coefficient (Wildman–Crippen LogP) is 1.39. The normalized spacial score (nSPS) is 16.6. The Morgan fingerprint density at radius 1 is 1.30 bits per heavy atom. The van der Waals surface area contributed by atoms with Gasteiger partial charge in [0.2, 0.25) is 5.76 Å². The molecule has 0 radical (unpaired) electrons. The van der Waals surface area contributed by atoms with Crippen LogP contribution in [0.4, 0.5) is 0 Å². The van der Waals surface area contributed by atoms with Gasteiger partial charge in [0, 0.05) is 19.6 Å². The Balaban J connectivity index is 1.92. The Labute approximate surface area is 118 Å². The summed E-state index contributed by atoms with van der Waals surface area (Å²) >= 11 is 0. The molecule has 2 rings (SSSR count). The van der Waals surface area contributed by atoms with E-state index < -0.39 is 5.97 Å². The number of likely N-dealkylation sites (tertiary alicyclic amines) is 1. The average Bonchev–Trinajstić information content (AvgIpc) is 2.88. The number of nitrogens with zero attached hydrogens (tertiary/aromatic N) is 2. The molecule has 1 fully saturated rings. The van der Waals surface area contributed by atoms with E-state index in [-0.39, 0.29) is 17.4 Å². The number of hydrogen-bond donors (Lipinski definition) is 1. The van der Waals surface area contributed by atoms with Gasteiger partial charge >= 0.3 is 5.97 Å². The molecule has 2 heterocycles. The van der Waals surface area contributed by atoms with Crippen molar-refractivity contribution in [1.82, 2.24) is 9.80 Å². The van der Waals surface area contributed by atoms with E-state index in [0.29, 0.717) is 19.0 Å². The SMILES string of the molecule is CN(C)CC1CCN(C(=O)c2ccc(C(=O)O)o2)CC1. The number of carbonyl (C=O) groups excluding carboxylic acids is 1. The molecule has 1 aromatic rings. The van der Waals surface area contributed by atoms with E-state index in [9.17, 15) is 9.59 Å². The Morgan fingerprint density at radius 2 is 1.90 bits per heavy atom. The molecule has 0 aromatic carbocycles. The van der Waals surface area contributed by atoms with E-state index in [1.165, 1.54) is 12.1 Å². The van der Waals surface area contributed by atoms with E-state index in [1.54, 1.807) is 4.90 Å². The zero-order valence-corrected chi connectivity index (χ0v) is 11.8. The van der Waals surface area contributed by atoms with E-state index in [2.05, 4.69) is 4.90 Å². The summed E-state index contributed by atoms with van der Waals surface area (Å²) in [6.07, 6.45) is 1.94. The molecule has 0 spiro atoms. The number of carbonyl (C=O) groups is 2. The minimum Gasteiger partial charge on any atom is -0.475 e. The highest BCUT2D eigenvalue weighted by molar-refractivity contribution is 5.93. The third-order valence-electron chi connectivity index (χ3n) is 3.55. The number of carboxylic acids is 1. The molecule has 0 atom stereocenters. The van der Waals surface area contributed by atoms with Gasteiger partial charge in [0.15, 0.2) is 5.76 Å². The third-order valence-corrected chi connectivity index (χ3v) is 3.55. The van der Waals surface area contributed by atoms with Gasteiger partial charge in [-0.1, -0.05) is 0 Å². The van der Waals surface area contributed by atoms with Crippen LogP contribution < -0.4 is 0 Å². The topological polar surface area (TPSA) is 74.0 Å². The first-order valence-corrected chi connectivity index (χ1v) is 6.74. The van der Waals surface area contributed by atoms with Gasteiger partial charge in [0.05, 0.1) is 0 Å². The lowest BCUT2D eigenvalue weighted by Crippen LogP contribution is -2.40. The third kappa shape index (κ3) is 3.39. The number of carboxylic acid groups (broad SMARTS) is 1. The molecular weight excluding hydrogens is 260 g/mol. The standard InChI is InChI=1S/C14H20N2O4/c1-15(2)9-10-5-7-16(8-6-10)13(17)11-3-4-12(20-11)14(18)19/h3-4,10H,5-9H2,1-2H3,(H,18,19). The molecule has 0 aliphatic carbocycles. The number of amides is 1. The van der Waals surface area contributed by atoms with Crippen LogP contribution in [0.3, 0.4) is 0 Å². The van der Waals surface area contributed by atoms with Crippen molar-refractivity contribution >= 4 is 11.9 Å². The van der Waals surface area contributed by atoms with Crippen LogP contribution in [0.25, 0.3) is 0 Å². The van der Waals surface area contributed by atoms with Crippen LogP contribution in [-0.2, 0) is 0 Å². The molecule has 1 aromatic heterocycles. The zero-order valence-electron chi connectivity index (χ0n) is 11.8. The smallest absolute Gasteiger partial charge is 0.371 e. The highest BCUT2D eigenvalue weighted by atomic mass is 16.4. The van der Waals surface area contributed by atoms with Crippen molar-refractivity contribution in [2.75, 3.05) is 33.7 Å². The molecule has 1 amide bonds. The Morgan fingerprint density at radius 3 is 2.40 bits per heavy atom. The molecule has 1 aliphatic heterocycles. The van der Waals surface area contributed by atoms with Crippen molar-refractivity contribution in [2.45, 2.75) is 12.8 Å². The lowest BCUT2D eigenvalue weighted by atomic mass is 9.96. The minimum absolute atomic E-state index is 0.105. The molecule has 6 nitrogen and oxygen atoms in total. The second kappa shape index (κ2) is 6.09. The van der Waals surface area contributed by atoms with Crippen LogP contribution in [0.2, 0.25) is 0 Å². The van der Waals surface area contributed by atoms with Crippen LogP contribution in [0, 0.1) is 5.92 Å². The Hall–Kier alpha value is -1.82. The summed E-state index contributed by atoms with van der Waals surface area (Å²) in [5.74, 6) is -0.862. The van der Waals surface area contributed by atoms with Crippen LogP contribution in [0.5, 0.6) is 0 Å². The maximum absolute atomic E-state index is 12.2. The second-order valence-electron chi connectivity index (χ2n) is 5.47. The molecule has 0 unspecified atom stereocenters. The molecule has 0 bridgehead atoms. The van der Waals surface area contributed by atoms with Crippen LogP contribution in [0.1, 0.15) is 34.0 Å². The van der Waals surface area contributed by atoms with E-state index in [0.717, 1.165) is 19.4 Å². The van der Waals surface area contributed by atoms with Crippen LogP contribution >= 0.6 is 0 Å². The first-order chi connectivity index (χ1) is 9.47. The van der Waals surface area contributed by atoms with Gasteiger partial charge in [-0.15, -0.1) is 0 Å². The fourth-order valence-corrected chi connectivity index (χ4v) is 2.56. The number of furan rings is 1. The van der Waals surface area contributed by atoms with E-state index >= 15 is 0 Å². The summed E-state index contributed by atoms with van der Waals surface area (Å²) < 4.78 is 5.05. The number of rotatable bonds is 4. The Kier molecular flexibility index (Phi) is 4.44. The van der Waals surface area contributed by atoms with Crippen molar-refractivity contribution in [2.24, 2.45) is 5.92 Å². The highest BCUT2D eigenvalue weighted by Crippen LogP contribution is 2.20. The Bertz CT molecular complexity index is 487. The lowest BCUT2D eigenvalue weighted by molar-refractivity contribution is 0.0622. The molecule has 20 heavy (non-hydrogen) atoms. The monoisotopic (exact) mass is 280 g/mol. The van der Waals surface area contributed by atoms with Crippen molar-refractivity contribution < 1.29 is 19.1 Å². The van der Waals surface area contributed by atoms with Gasteiger partial charge in [0.25, 0.3) is 5.91 Å². The maximum Gasteiger partial charge on any atom is 0.371 e. The largest absolute Gasteiger partial charge is 0.475 e. The quantitative estimate of drug-likeness (QED) is 0.902. The lowest BCUT2D eigenvalue weighted by Gasteiger charge is -2.32. The van der Waals surface area contributed by atoms with Crippen molar-refractivity contribution in [3.05, 3.63) is 23.7 Å². The second-order valence-corrected chi connectivity index (χ2v) is 5.47. The zero-order chi connectivity index (χ0) is 14.7. The van der Waals surface area contributed by atoms with E-state index in [1.807, 2.05) is 14.1 Å². The number of aromatic carboxylic acids is 1. The predicted molar refractivity (Wildman–Crippen MR) is 72.8 cm³/mol. The number of piperidine rings is 1. The van der Waals surface area contributed by atoms with Crippen molar-refractivity contribution in [3.63, 3.8) is 0 Å². The average molecular weight is 280 g/mol. The molecule has 1 N–H and O–H groups in total. The molecule has 1 saturated heterocycles. The molecule has 110 valence electrons. The summed E-state index contributed by atoms with van der Waals surface area (Å²) in [7, 11) is 4.10. The maximum atomic E-state index is 12.2. The van der Waals surface area contributed by atoms with Gasteiger partial charge in [0.1, 0.15) is 0 Å². The summed E-state index contributed by atoms with van der Waals surface area (Å²) in [4.78, 5) is 26.8.